The quantitative estimate of drug-likeness (QED) is 0.138. The monoisotopic (exact) mass is 439 g/mol. The van der Waals surface area contributed by atoms with Crippen molar-refractivity contribution < 1.29 is 42.9 Å². The van der Waals surface area contributed by atoms with E-state index in [9.17, 15) is 24.0 Å². The number of hydrogen-bond donors (Lipinski definition) is 1. The van der Waals surface area contributed by atoms with Crippen molar-refractivity contribution in [3.63, 3.8) is 0 Å². The average Bonchev–Trinajstić information content (AvgIpc) is 2.73. The molecule has 10 heteroatoms. The van der Waals surface area contributed by atoms with Gasteiger partial charge in [0, 0.05) is 23.8 Å². The first-order chi connectivity index (χ1) is 14.5. The Labute approximate surface area is 181 Å². The van der Waals surface area contributed by atoms with Crippen molar-refractivity contribution in [3.05, 3.63) is 37.0 Å². The zero-order valence-electron chi connectivity index (χ0n) is 18.1. The van der Waals surface area contributed by atoms with Gasteiger partial charge in [-0.3, -0.25) is 9.59 Å². The van der Waals surface area contributed by atoms with Crippen LogP contribution in [-0.2, 0) is 42.9 Å². The summed E-state index contributed by atoms with van der Waals surface area (Å²) in [5.74, 6) is -4.71. The molecule has 0 aliphatic rings. The molecule has 0 spiro atoms. The molecule has 0 saturated carbocycles. The lowest BCUT2D eigenvalue weighted by atomic mass is 10.1. The molecule has 1 unspecified atom stereocenters. The van der Waals surface area contributed by atoms with E-state index in [2.05, 4.69) is 25.1 Å². The third-order valence-electron chi connectivity index (χ3n) is 3.56. The lowest BCUT2D eigenvalue weighted by molar-refractivity contribution is -0.168. The van der Waals surface area contributed by atoms with E-state index in [4.69, 9.17) is 18.9 Å². The van der Waals surface area contributed by atoms with Crippen LogP contribution in [0.15, 0.2) is 37.0 Å². The first-order valence-corrected chi connectivity index (χ1v) is 9.42. The maximum atomic E-state index is 12.3. The van der Waals surface area contributed by atoms with Gasteiger partial charge in [-0.15, -0.1) is 0 Å². The smallest absolute Gasteiger partial charge is 0.333 e. The van der Waals surface area contributed by atoms with Crippen molar-refractivity contribution in [2.75, 3.05) is 26.4 Å². The molecule has 0 aromatic rings. The maximum absolute atomic E-state index is 12.3. The second-order valence-corrected chi connectivity index (χ2v) is 6.55. The van der Waals surface area contributed by atoms with Crippen LogP contribution in [0.5, 0.6) is 0 Å². The minimum atomic E-state index is -1.19. The van der Waals surface area contributed by atoms with Gasteiger partial charge in [0.1, 0.15) is 19.1 Å². The molecule has 1 N–H and O–H groups in total. The normalized spacial score (nSPS) is 11.0. The summed E-state index contributed by atoms with van der Waals surface area (Å²) >= 11 is 0. The van der Waals surface area contributed by atoms with Gasteiger partial charge in [-0.2, -0.15) is 0 Å². The summed E-state index contributed by atoms with van der Waals surface area (Å²) in [6.45, 7) is 13.8. The number of amides is 1. The van der Waals surface area contributed by atoms with Crippen LogP contribution >= 0.6 is 0 Å². The standard InChI is InChI=1S/C21H29NO9/c1-7-17(23)28-10-8-9-22-18(24)15(6)21(27)31-16(11-29-19(25)13(2)3)12-30-20(26)14(4)5/h7,15-16H,1-2,4,8-12H2,3,5-6H3,(H,22,24). The number of hydrogen-bond acceptors (Lipinski definition) is 9. The highest BCUT2D eigenvalue weighted by molar-refractivity contribution is 5.97. The maximum Gasteiger partial charge on any atom is 0.333 e. The Bertz CT molecular complexity index is 696. The van der Waals surface area contributed by atoms with Crippen molar-refractivity contribution >= 4 is 29.8 Å². The Morgan fingerprint density at radius 1 is 0.935 bits per heavy atom. The predicted molar refractivity (Wildman–Crippen MR) is 109 cm³/mol. The molecule has 31 heavy (non-hydrogen) atoms. The lowest BCUT2D eigenvalue weighted by Gasteiger charge is -2.20. The Morgan fingerprint density at radius 2 is 1.45 bits per heavy atom. The van der Waals surface area contributed by atoms with Crippen LogP contribution in [-0.4, -0.2) is 62.3 Å². The number of ether oxygens (including phenoxy) is 4. The number of carbonyl (C=O) groups excluding carboxylic acids is 5. The highest BCUT2D eigenvalue weighted by Crippen LogP contribution is 2.07. The average molecular weight is 439 g/mol. The van der Waals surface area contributed by atoms with Crippen molar-refractivity contribution in [1.29, 1.82) is 0 Å². The molecule has 0 aliphatic heterocycles. The molecule has 0 heterocycles. The lowest BCUT2D eigenvalue weighted by Crippen LogP contribution is -2.39. The summed E-state index contributed by atoms with van der Waals surface area (Å²) in [4.78, 5) is 58.4. The van der Waals surface area contributed by atoms with Gasteiger partial charge in [0.05, 0.1) is 6.61 Å². The van der Waals surface area contributed by atoms with Gasteiger partial charge in [0.2, 0.25) is 5.91 Å². The molecule has 0 radical (unpaired) electrons. The molecule has 0 bridgehead atoms. The molecule has 0 aromatic heterocycles. The zero-order valence-corrected chi connectivity index (χ0v) is 18.1. The van der Waals surface area contributed by atoms with E-state index in [0.29, 0.717) is 6.42 Å². The van der Waals surface area contributed by atoms with E-state index >= 15 is 0 Å². The molecular weight excluding hydrogens is 410 g/mol. The highest BCUT2D eigenvalue weighted by atomic mass is 16.6. The van der Waals surface area contributed by atoms with E-state index in [1.54, 1.807) is 0 Å². The SMILES string of the molecule is C=CC(=O)OCCCNC(=O)C(C)C(=O)OC(COC(=O)C(=C)C)COC(=O)C(=C)C. The van der Waals surface area contributed by atoms with E-state index < -0.39 is 55.0 Å². The number of carbonyl (C=O) groups is 5. The van der Waals surface area contributed by atoms with Gasteiger partial charge in [-0.05, 0) is 27.2 Å². The van der Waals surface area contributed by atoms with Crippen LogP contribution in [0, 0.1) is 5.92 Å². The predicted octanol–water partition coefficient (Wildman–Crippen LogP) is 1.01. The third-order valence-corrected chi connectivity index (χ3v) is 3.56. The highest BCUT2D eigenvalue weighted by Gasteiger charge is 2.27. The summed E-state index contributed by atoms with van der Waals surface area (Å²) in [7, 11) is 0. The Hall–Kier alpha value is -3.43. The van der Waals surface area contributed by atoms with Gasteiger partial charge >= 0.3 is 23.9 Å². The van der Waals surface area contributed by atoms with E-state index in [1.807, 2.05) is 0 Å². The van der Waals surface area contributed by atoms with Gasteiger partial charge in [-0.1, -0.05) is 19.7 Å². The fraction of sp³-hybridized carbons (Fsp3) is 0.476. The summed E-state index contributed by atoms with van der Waals surface area (Å²) in [6, 6.07) is 0. The molecule has 0 aliphatic carbocycles. The topological polar surface area (TPSA) is 134 Å². The molecular formula is C21H29NO9. The minimum Gasteiger partial charge on any atom is -0.462 e. The van der Waals surface area contributed by atoms with Gasteiger partial charge in [-0.25, -0.2) is 14.4 Å². The summed E-state index contributed by atoms with van der Waals surface area (Å²) in [6.07, 6.45) is 0.227. The van der Waals surface area contributed by atoms with Gasteiger partial charge in [0.15, 0.2) is 6.10 Å². The first kappa shape index (κ1) is 27.6. The molecule has 0 rings (SSSR count). The molecule has 0 fully saturated rings. The molecule has 1 atom stereocenters. The van der Waals surface area contributed by atoms with E-state index in [0.717, 1.165) is 6.08 Å². The first-order valence-electron chi connectivity index (χ1n) is 9.42. The molecule has 1 amide bonds. The molecule has 0 saturated heterocycles. The van der Waals surface area contributed by atoms with Crippen LogP contribution in [0.2, 0.25) is 0 Å². The summed E-state index contributed by atoms with van der Waals surface area (Å²) in [5.41, 5.74) is 0.269. The zero-order chi connectivity index (χ0) is 24.0. The molecule has 10 nitrogen and oxygen atoms in total. The van der Waals surface area contributed by atoms with Crippen molar-refractivity contribution in [1.82, 2.24) is 5.32 Å². The van der Waals surface area contributed by atoms with Crippen LogP contribution in [0.25, 0.3) is 0 Å². The van der Waals surface area contributed by atoms with Crippen LogP contribution in [0.1, 0.15) is 27.2 Å². The third kappa shape index (κ3) is 12.0. The molecule has 172 valence electrons. The van der Waals surface area contributed by atoms with Gasteiger partial charge < -0.3 is 24.3 Å². The second-order valence-electron chi connectivity index (χ2n) is 6.55. The Balaban J connectivity index is 4.71. The van der Waals surface area contributed by atoms with E-state index in [-0.39, 0.29) is 24.3 Å². The largest absolute Gasteiger partial charge is 0.462 e. The number of esters is 4. The van der Waals surface area contributed by atoms with Gasteiger partial charge in [0.25, 0.3) is 0 Å². The Morgan fingerprint density at radius 3 is 1.90 bits per heavy atom. The van der Waals surface area contributed by atoms with Crippen molar-refractivity contribution in [2.24, 2.45) is 5.92 Å². The summed E-state index contributed by atoms with van der Waals surface area (Å²) in [5, 5.41) is 2.51. The fourth-order valence-electron chi connectivity index (χ4n) is 1.74. The van der Waals surface area contributed by atoms with Crippen LogP contribution < -0.4 is 5.32 Å². The minimum absolute atomic E-state index is 0.0776. The van der Waals surface area contributed by atoms with E-state index in [1.165, 1.54) is 20.8 Å². The molecule has 0 aromatic carbocycles. The number of rotatable bonds is 14. The van der Waals surface area contributed by atoms with Crippen LogP contribution in [0.3, 0.4) is 0 Å². The second kappa shape index (κ2) is 14.5. The fourth-order valence-corrected chi connectivity index (χ4v) is 1.74. The number of nitrogens with one attached hydrogen (secondary N) is 1. The Kier molecular flexibility index (Phi) is 12.9. The van der Waals surface area contributed by atoms with Crippen molar-refractivity contribution in [2.45, 2.75) is 33.3 Å². The van der Waals surface area contributed by atoms with Crippen molar-refractivity contribution in [3.8, 4) is 0 Å². The summed E-state index contributed by atoms with van der Waals surface area (Å²) < 4.78 is 19.8. The van der Waals surface area contributed by atoms with Crippen LogP contribution in [0.4, 0.5) is 0 Å².